The Bertz CT molecular complexity index is 2160. The van der Waals surface area contributed by atoms with Gasteiger partial charge in [-0.05, 0) is 73.9 Å². The molecule has 2 aromatic carbocycles. The molecule has 0 bridgehead atoms. The Morgan fingerprint density at radius 1 is 1.00 bits per heavy atom. The zero-order valence-corrected chi connectivity index (χ0v) is 32.4. The fourth-order valence-electron chi connectivity index (χ4n) is 8.62. The first kappa shape index (κ1) is 35.9. The lowest BCUT2D eigenvalue weighted by molar-refractivity contribution is 0.224. The van der Waals surface area contributed by atoms with Crippen LogP contribution >= 0.6 is 11.6 Å². The number of nitrogens with one attached hydrogen (secondary N) is 2. The lowest BCUT2D eigenvalue weighted by Gasteiger charge is -2.36. The maximum Gasteiger partial charge on any atom is 0.227 e. The van der Waals surface area contributed by atoms with Gasteiger partial charge >= 0.3 is 0 Å². The van der Waals surface area contributed by atoms with E-state index in [2.05, 4.69) is 123 Å². The van der Waals surface area contributed by atoms with Gasteiger partial charge in [0, 0.05) is 105 Å². The summed E-state index contributed by atoms with van der Waals surface area (Å²) >= 11 is 6.64. The molecular formula is C43H51ClN10. The number of halogens is 1. The van der Waals surface area contributed by atoms with Gasteiger partial charge in [-0.2, -0.15) is 10.1 Å². The van der Waals surface area contributed by atoms with Gasteiger partial charge in [-0.15, -0.1) is 6.58 Å². The number of piperidine rings is 1. The summed E-state index contributed by atoms with van der Waals surface area (Å²) in [5.41, 5.74) is 11.1. The average Bonchev–Trinajstić information content (AvgIpc) is 3.77. The van der Waals surface area contributed by atoms with Gasteiger partial charge in [-0.1, -0.05) is 49.5 Å². The number of hydrogen-bond donors (Lipinski definition) is 2. The molecule has 4 aliphatic heterocycles. The van der Waals surface area contributed by atoms with Gasteiger partial charge in [0.05, 0.1) is 23.1 Å². The van der Waals surface area contributed by atoms with Crippen molar-refractivity contribution in [1.82, 2.24) is 30.0 Å². The number of piperazine rings is 1. The fraction of sp³-hybridized carbons (Fsp3) is 0.372. The highest BCUT2D eigenvalue weighted by Gasteiger charge is 2.31. The van der Waals surface area contributed by atoms with E-state index < -0.39 is 0 Å². The number of nitrogens with zero attached hydrogens (tertiary/aromatic N) is 8. The molecule has 0 aliphatic carbocycles. The van der Waals surface area contributed by atoms with Crippen LogP contribution in [0, 0.1) is 5.92 Å². The van der Waals surface area contributed by atoms with E-state index >= 15 is 0 Å². The van der Waals surface area contributed by atoms with Crippen LogP contribution in [0.25, 0.3) is 17.0 Å². The van der Waals surface area contributed by atoms with Crippen LogP contribution in [0.4, 0.5) is 28.8 Å². The number of aryl methyl sites for hydroxylation is 1. The monoisotopic (exact) mass is 742 g/mol. The summed E-state index contributed by atoms with van der Waals surface area (Å²) in [6.45, 7) is 23.5. The number of fused-ring (bicyclic) bond motifs is 2. The Hall–Kier alpha value is -5.06. The van der Waals surface area contributed by atoms with E-state index in [0.29, 0.717) is 22.7 Å². The maximum atomic E-state index is 6.64. The molecule has 0 spiro atoms. The topological polar surface area (TPSA) is 80.6 Å². The zero-order chi connectivity index (χ0) is 37.5. The molecule has 1 unspecified atom stereocenters. The number of para-hydroxylation sites is 1. The SMILES string of the molecule is C=CCCC1=Cc2cc(Nc3nc(N4CCN(C[C@@H]5CCN(c6cccc7c(C8CCC(=C)NC8=C)nn(C)c67)C5)CC4)ncc3Cl)ccc2N(C)C1=C. The molecule has 0 amide bonds. The number of benzene rings is 2. The van der Waals surface area contributed by atoms with Crippen molar-refractivity contribution in [2.75, 3.05) is 72.9 Å². The highest BCUT2D eigenvalue weighted by molar-refractivity contribution is 6.32. The molecule has 6 heterocycles. The van der Waals surface area contributed by atoms with Gasteiger partial charge < -0.3 is 25.3 Å². The molecular weight excluding hydrogens is 692 g/mol. The van der Waals surface area contributed by atoms with E-state index in [1.165, 1.54) is 28.6 Å². The summed E-state index contributed by atoms with van der Waals surface area (Å²) in [6, 6.07) is 13.0. The second kappa shape index (κ2) is 15.0. The summed E-state index contributed by atoms with van der Waals surface area (Å²) < 4.78 is 2.07. The Morgan fingerprint density at radius 2 is 1.83 bits per heavy atom. The van der Waals surface area contributed by atoms with E-state index in [9.17, 15) is 0 Å². The minimum atomic E-state index is 0.192. The highest BCUT2D eigenvalue weighted by Crippen LogP contribution is 2.40. The van der Waals surface area contributed by atoms with Crippen LogP contribution in [0.2, 0.25) is 5.02 Å². The van der Waals surface area contributed by atoms with Crippen LogP contribution in [0.1, 0.15) is 49.3 Å². The second-order valence-electron chi connectivity index (χ2n) is 15.2. The largest absolute Gasteiger partial charge is 0.369 e. The molecule has 0 radical (unpaired) electrons. The molecule has 11 heteroatoms. The van der Waals surface area contributed by atoms with Crippen LogP contribution in [0.3, 0.4) is 0 Å². The van der Waals surface area contributed by atoms with Crippen molar-refractivity contribution in [2.45, 2.75) is 38.0 Å². The number of aromatic nitrogens is 4. The minimum absolute atomic E-state index is 0.192. The third-order valence-corrected chi connectivity index (χ3v) is 11.9. The van der Waals surface area contributed by atoms with E-state index in [0.717, 1.165) is 111 Å². The third kappa shape index (κ3) is 7.00. The quantitative estimate of drug-likeness (QED) is 0.156. The van der Waals surface area contributed by atoms with E-state index in [1.807, 2.05) is 6.08 Å². The van der Waals surface area contributed by atoms with E-state index in [4.69, 9.17) is 21.7 Å². The van der Waals surface area contributed by atoms with Crippen LogP contribution in [0.15, 0.2) is 97.7 Å². The molecule has 4 aliphatic rings. The average molecular weight is 743 g/mol. The summed E-state index contributed by atoms with van der Waals surface area (Å²) in [5, 5.41) is 13.6. The van der Waals surface area contributed by atoms with Crippen molar-refractivity contribution < 1.29 is 0 Å². The first-order valence-corrected chi connectivity index (χ1v) is 19.5. The summed E-state index contributed by atoms with van der Waals surface area (Å²) in [6.07, 6.45) is 10.8. The molecule has 0 saturated carbocycles. The predicted molar refractivity (Wildman–Crippen MR) is 225 cm³/mol. The molecule has 3 saturated heterocycles. The minimum Gasteiger partial charge on any atom is -0.369 e. The molecule has 3 fully saturated rings. The number of likely N-dealkylation sites (N-methyl/N-ethyl adjacent to an activating group) is 1. The maximum absolute atomic E-state index is 6.64. The number of rotatable bonds is 10. The van der Waals surface area contributed by atoms with Crippen molar-refractivity contribution in [3.63, 3.8) is 0 Å². The normalized spacial score (nSPS) is 20.7. The van der Waals surface area contributed by atoms with Gasteiger partial charge in [-0.3, -0.25) is 9.58 Å². The van der Waals surface area contributed by atoms with Crippen LogP contribution in [-0.4, -0.2) is 77.5 Å². The first-order valence-electron chi connectivity index (χ1n) is 19.2. The Labute approximate surface area is 324 Å². The van der Waals surface area contributed by atoms with Gasteiger partial charge in [-0.25, -0.2) is 4.98 Å². The molecule has 280 valence electrons. The molecule has 2 aromatic heterocycles. The number of allylic oxidation sites excluding steroid dienone is 4. The van der Waals surface area contributed by atoms with Gasteiger partial charge in [0.2, 0.25) is 5.95 Å². The van der Waals surface area contributed by atoms with Gasteiger partial charge in [0.15, 0.2) is 5.82 Å². The summed E-state index contributed by atoms with van der Waals surface area (Å²) in [4.78, 5) is 19.1. The molecule has 8 rings (SSSR count). The Kier molecular flexibility index (Phi) is 9.98. The second-order valence-corrected chi connectivity index (χ2v) is 15.6. The molecule has 2 atom stereocenters. The molecule has 4 aromatic rings. The summed E-state index contributed by atoms with van der Waals surface area (Å²) in [7, 11) is 4.14. The lowest BCUT2D eigenvalue weighted by Crippen LogP contribution is -2.48. The van der Waals surface area contributed by atoms with Crippen molar-refractivity contribution in [3.05, 3.63) is 114 Å². The molecule has 2 N–H and O–H groups in total. The van der Waals surface area contributed by atoms with Crippen LogP contribution in [0.5, 0.6) is 0 Å². The smallest absolute Gasteiger partial charge is 0.227 e. The molecule has 54 heavy (non-hydrogen) atoms. The van der Waals surface area contributed by atoms with Gasteiger partial charge in [0.1, 0.15) is 5.02 Å². The summed E-state index contributed by atoms with van der Waals surface area (Å²) in [5.74, 6) is 2.12. The van der Waals surface area contributed by atoms with Crippen LogP contribution < -0.4 is 25.3 Å². The van der Waals surface area contributed by atoms with Crippen molar-refractivity contribution in [1.29, 1.82) is 0 Å². The highest BCUT2D eigenvalue weighted by atomic mass is 35.5. The zero-order valence-electron chi connectivity index (χ0n) is 31.6. The molecule has 10 nitrogen and oxygen atoms in total. The Morgan fingerprint density at radius 3 is 2.63 bits per heavy atom. The number of anilines is 5. The van der Waals surface area contributed by atoms with Crippen LogP contribution in [-0.2, 0) is 7.05 Å². The van der Waals surface area contributed by atoms with E-state index in [-0.39, 0.29) is 5.92 Å². The predicted octanol–water partition coefficient (Wildman–Crippen LogP) is 8.22. The standard InChI is InChI=1S/C43H51ClN10/c1-7-8-10-32-23-33-24-34(14-16-38(33)50(5)30(32)4)47-42-37(44)25-45-43(48-42)53-21-19-52(20-22-53)26-31-17-18-54(27-31)39-12-9-11-36-40(49-51(6)41(36)39)35-15-13-28(2)46-29(35)3/h7,9,11-12,14,16,23-25,31,35,46H,1-4,8,10,13,15,17-22,26-27H2,5-6H3,(H,45,47,48)/t31-,35?/m0/s1. The fourth-order valence-corrected chi connectivity index (χ4v) is 8.76. The van der Waals surface area contributed by atoms with Crippen molar-refractivity contribution >= 4 is 57.4 Å². The van der Waals surface area contributed by atoms with E-state index in [1.54, 1.807) is 6.20 Å². The lowest BCUT2D eigenvalue weighted by atomic mass is 9.90. The number of hydrogen-bond acceptors (Lipinski definition) is 9. The van der Waals surface area contributed by atoms with Gasteiger partial charge in [0.25, 0.3) is 0 Å². The Balaban J connectivity index is 0.886. The first-order chi connectivity index (χ1) is 26.2. The third-order valence-electron chi connectivity index (χ3n) is 11.6. The van der Waals surface area contributed by atoms with Crippen molar-refractivity contribution in [3.8, 4) is 0 Å². The van der Waals surface area contributed by atoms with Crippen molar-refractivity contribution in [2.24, 2.45) is 13.0 Å².